The molecule has 0 aromatic carbocycles. The van der Waals surface area contributed by atoms with Gasteiger partial charge in [0.25, 0.3) is 0 Å². The number of rotatable bonds is 7. The topological polar surface area (TPSA) is 20.2 Å². The van der Waals surface area contributed by atoms with Gasteiger partial charge in [-0.25, -0.2) is 0 Å². The zero-order valence-corrected chi connectivity index (χ0v) is 9.81. The maximum atomic E-state index is 8.46. The van der Waals surface area contributed by atoms with Gasteiger partial charge in [-0.3, -0.25) is 0 Å². The molecule has 0 aromatic rings. The molecular weight excluding hydrogens is 184 g/mol. The summed E-state index contributed by atoms with van der Waals surface area (Å²) in [5.74, 6) is 11.3. The molecule has 0 saturated carbocycles. The first-order valence-corrected chi connectivity index (χ1v) is 5.98. The third-order valence-electron chi connectivity index (χ3n) is 2.13. The molecule has 0 fully saturated rings. The van der Waals surface area contributed by atoms with Crippen LogP contribution in [-0.4, -0.2) is 11.7 Å². The molecule has 0 rings (SSSR count). The third-order valence-corrected chi connectivity index (χ3v) is 2.13. The fourth-order valence-corrected chi connectivity index (χ4v) is 1.26. The van der Waals surface area contributed by atoms with Crippen LogP contribution in [0.5, 0.6) is 0 Å². The molecule has 15 heavy (non-hydrogen) atoms. The van der Waals surface area contributed by atoms with Gasteiger partial charge in [-0.15, -0.1) is 0 Å². The Balaban J connectivity index is 3.20. The van der Waals surface area contributed by atoms with Crippen LogP contribution in [0.3, 0.4) is 0 Å². The number of aliphatic hydroxyl groups excluding tert-OH is 1. The number of hydrogen-bond acceptors (Lipinski definition) is 1. The average molecular weight is 206 g/mol. The van der Waals surface area contributed by atoms with E-state index in [0.29, 0.717) is 6.42 Å². The van der Waals surface area contributed by atoms with Crippen LogP contribution in [0.15, 0.2) is 0 Å². The molecule has 0 unspecified atom stereocenters. The predicted octanol–water partition coefficient (Wildman–Crippen LogP) is 3.13. The van der Waals surface area contributed by atoms with E-state index in [0.717, 1.165) is 6.42 Å². The molecule has 1 N–H and O–H groups in total. The Kier molecular flexibility index (Phi) is 12.3. The summed E-state index contributed by atoms with van der Waals surface area (Å²) in [6.07, 6.45) is 9.34. The molecule has 1 nitrogen and oxygen atoms in total. The quantitative estimate of drug-likeness (QED) is 0.501. The second kappa shape index (κ2) is 13.1. The monoisotopic (exact) mass is 206 g/mol. The van der Waals surface area contributed by atoms with Gasteiger partial charge in [-0.2, -0.15) is 0 Å². The van der Waals surface area contributed by atoms with Gasteiger partial charge in [0, 0.05) is 12.8 Å². The van der Waals surface area contributed by atoms with Crippen molar-refractivity contribution in [3.8, 4) is 23.7 Å². The van der Waals surface area contributed by atoms with Crippen LogP contribution in [-0.2, 0) is 0 Å². The summed E-state index contributed by atoms with van der Waals surface area (Å²) in [5.41, 5.74) is 0. The first-order chi connectivity index (χ1) is 7.41. The van der Waals surface area contributed by atoms with Crippen molar-refractivity contribution in [3.05, 3.63) is 0 Å². The summed E-state index contributed by atoms with van der Waals surface area (Å²) in [6, 6.07) is 0. The number of unbranched alkanes of at least 4 members (excludes halogenated alkanes) is 6. The van der Waals surface area contributed by atoms with Gasteiger partial charge < -0.3 is 5.11 Å². The average Bonchev–Trinajstić information content (AvgIpc) is 2.26. The molecule has 84 valence electrons. The number of hydrogen-bond donors (Lipinski definition) is 1. The van der Waals surface area contributed by atoms with E-state index in [9.17, 15) is 0 Å². The number of aliphatic hydroxyl groups is 1. The zero-order chi connectivity index (χ0) is 11.2. The van der Waals surface area contributed by atoms with Crippen molar-refractivity contribution in [2.45, 2.75) is 58.3 Å². The standard InChI is InChI=1S/C14H22O/c1-2-3-4-5-6-7-8-9-10-11-12-13-14-15/h15H,2-8,13-14H2,1H3. The lowest BCUT2D eigenvalue weighted by Crippen LogP contribution is -1.77. The van der Waals surface area contributed by atoms with Crippen LogP contribution >= 0.6 is 0 Å². The zero-order valence-electron chi connectivity index (χ0n) is 9.81. The van der Waals surface area contributed by atoms with Crippen molar-refractivity contribution in [3.63, 3.8) is 0 Å². The maximum Gasteiger partial charge on any atom is 0.0540 e. The maximum absolute atomic E-state index is 8.46. The van der Waals surface area contributed by atoms with Gasteiger partial charge in [0.15, 0.2) is 0 Å². The normalized spacial score (nSPS) is 8.67. The molecule has 0 spiro atoms. The van der Waals surface area contributed by atoms with Crippen molar-refractivity contribution in [1.82, 2.24) is 0 Å². The second-order valence-electron chi connectivity index (χ2n) is 3.59. The van der Waals surface area contributed by atoms with Crippen LogP contribution in [0, 0.1) is 23.7 Å². The fourth-order valence-electron chi connectivity index (χ4n) is 1.26. The smallest absolute Gasteiger partial charge is 0.0540 e. The molecular formula is C14H22O. The molecule has 0 aliphatic carbocycles. The second-order valence-corrected chi connectivity index (χ2v) is 3.59. The molecule has 0 atom stereocenters. The first-order valence-electron chi connectivity index (χ1n) is 5.98. The third kappa shape index (κ3) is 13.1. The lowest BCUT2D eigenvalue weighted by Gasteiger charge is -1.96. The largest absolute Gasteiger partial charge is 0.395 e. The predicted molar refractivity (Wildman–Crippen MR) is 65.2 cm³/mol. The van der Waals surface area contributed by atoms with Crippen molar-refractivity contribution in [2.24, 2.45) is 0 Å². The van der Waals surface area contributed by atoms with Gasteiger partial charge >= 0.3 is 0 Å². The van der Waals surface area contributed by atoms with Gasteiger partial charge in [0.2, 0.25) is 0 Å². The van der Waals surface area contributed by atoms with E-state index in [1.165, 1.54) is 38.5 Å². The van der Waals surface area contributed by atoms with E-state index in [-0.39, 0.29) is 6.61 Å². The van der Waals surface area contributed by atoms with Crippen LogP contribution in [0.2, 0.25) is 0 Å². The SMILES string of the molecule is CCCCCCCCC#CC#CCCO. The highest BCUT2D eigenvalue weighted by Gasteiger charge is 1.87. The van der Waals surface area contributed by atoms with Crippen molar-refractivity contribution < 1.29 is 5.11 Å². The summed E-state index contributed by atoms with van der Waals surface area (Å²) in [4.78, 5) is 0. The Morgan fingerprint density at radius 2 is 1.40 bits per heavy atom. The molecule has 1 heteroatoms. The highest BCUT2D eigenvalue weighted by atomic mass is 16.2. The summed E-state index contributed by atoms with van der Waals surface area (Å²) in [6.45, 7) is 2.36. The van der Waals surface area contributed by atoms with Crippen LogP contribution in [0.4, 0.5) is 0 Å². The Morgan fingerprint density at radius 1 is 0.800 bits per heavy atom. The molecule has 0 saturated heterocycles. The van der Waals surface area contributed by atoms with E-state index in [1.54, 1.807) is 0 Å². The fraction of sp³-hybridized carbons (Fsp3) is 0.714. The molecule has 0 heterocycles. The minimum atomic E-state index is 0.131. The molecule has 0 aliphatic rings. The van der Waals surface area contributed by atoms with Gasteiger partial charge in [-0.05, 0) is 18.3 Å². The van der Waals surface area contributed by atoms with Gasteiger partial charge in [0.1, 0.15) is 0 Å². The molecule has 0 amide bonds. The van der Waals surface area contributed by atoms with Crippen LogP contribution in [0.1, 0.15) is 58.3 Å². The minimum absolute atomic E-state index is 0.131. The molecule has 0 bridgehead atoms. The summed E-state index contributed by atoms with van der Waals surface area (Å²) >= 11 is 0. The summed E-state index contributed by atoms with van der Waals surface area (Å²) < 4.78 is 0. The van der Waals surface area contributed by atoms with E-state index in [2.05, 4.69) is 30.6 Å². The Morgan fingerprint density at radius 3 is 2.07 bits per heavy atom. The van der Waals surface area contributed by atoms with E-state index >= 15 is 0 Å². The van der Waals surface area contributed by atoms with E-state index in [1.807, 2.05) is 0 Å². The molecule has 0 aromatic heterocycles. The van der Waals surface area contributed by atoms with Gasteiger partial charge in [0.05, 0.1) is 6.61 Å². The van der Waals surface area contributed by atoms with E-state index < -0.39 is 0 Å². The lowest BCUT2D eigenvalue weighted by atomic mass is 10.1. The van der Waals surface area contributed by atoms with Crippen molar-refractivity contribution >= 4 is 0 Å². The Bertz CT molecular complexity index is 234. The van der Waals surface area contributed by atoms with Crippen LogP contribution < -0.4 is 0 Å². The van der Waals surface area contributed by atoms with Gasteiger partial charge in [-0.1, -0.05) is 50.9 Å². The summed E-state index contributed by atoms with van der Waals surface area (Å²) in [5, 5.41) is 8.46. The first kappa shape index (κ1) is 14.1. The summed E-state index contributed by atoms with van der Waals surface area (Å²) in [7, 11) is 0. The van der Waals surface area contributed by atoms with Crippen molar-refractivity contribution in [1.29, 1.82) is 0 Å². The Hall–Kier alpha value is -0.920. The Labute approximate surface area is 94.3 Å². The minimum Gasteiger partial charge on any atom is -0.395 e. The van der Waals surface area contributed by atoms with Crippen LogP contribution in [0.25, 0.3) is 0 Å². The van der Waals surface area contributed by atoms with E-state index in [4.69, 9.17) is 5.11 Å². The molecule has 0 radical (unpaired) electrons. The molecule has 0 aliphatic heterocycles. The highest BCUT2D eigenvalue weighted by Crippen LogP contribution is 2.05. The highest BCUT2D eigenvalue weighted by molar-refractivity contribution is 5.25. The lowest BCUT2D eigenvalue weighted by molar-refractivity contribution is 0.305. The van der Waals surface area contributed by atoms with Crippen molar-refractivity contribution in [2.75, 3.05) is 6.61 Å².